The summed E-state index contributed by atoms with van der Waals surface area (Å²) in [4.78, 5) is 36.1. The van der Waals surface area contributed by atoms with Crippen molar-refractivity contribution in [1.82, 2.24) is 8.75 Å². The van der Waals surface area contributed by atoms with Crippen LogP contribution in [0.5, 0.6) is 5.75 Å². The van der Waals surface area contributed by atoms with E-state index in [4.69, 9.17) is 9.47 Å². The molecule has 2 amide bonds. The van der Waals surface area contributed by atoms with E-state index in [2.05, 4.69) is 19.4 Å². The minimum Gasteiger partial charge on any atom is -0.478 e. The van der Waals surface area contributed by atoms with Crippen LogP contribution in [-0.2, 0) is 19.1 Å². The second kappa shape index (κ2) is 7.61. The van der Waals surface area contributed by atoms with Crippen molar-refractivity contribution in [2.24, 2.45) is 0 Å². The van der Waals surface area contributed by atoms with Gasteiger partial charge >= 0.3 is 5.97 Å². The van der Waals surface area contributed by atoms with Crippen LogP contribution in [0.3, 0.4) is 0 Å². The Hall–Kier alpha value is -3.53. The van der Waals surface area contributed by atoms with Gasteiger partial charge in [0.1, 0.15) is 16.8 Å². The maximum absolute atomic E-state index is 12.1. The van der Waals surface area contributed by atoms with Crippen LogP contribution < -0.4 is 15.4 Å². The van der Waals surface area contributed by atoms with E-state index in [1.807, 2.05) is 0 Å². The fraction of sp³-hybridized carbons (Fsp3) is 0.167. The lowest BCUT2D eigenvalue weighted by Crippen LogP contribution is -2.39. The Morgan fingerprint density at radius 2 is 2.04 bits per heavy atom. The topological polar surface area (TPSA) is 120 Å². The molecule has 1 unspecified atom stereocenters. The highest BCUT2D eigenvalue weighted by Crippen LogP contribution is 2.29. The molecule has 0 bridgehead atoms. The van der Waals surface area contributed by atoms with Gasteiger partial charge in [-0.05, 0) is 24.3 Å². The molecule has 0 aliphatic carbocycles. The van der Waals surface area contributed by atoms with Crippen molar-refractivity contribution in [1.29, 1.82) is 0 Å². The molecule has 0 fully saturated rings. The summed E-state index contributed by atoms with van der Waals surface area (Å²) in [5, 5.41) is 5.29. The number of para-hydroxylation sites is 2. The van der Waals surface area contributed by atoms with Gasteiger partial charge in [0.15, 0.2) is 12.7 Å². The molecule has 0 spiro atoms. The van der Waals surface area contributed by atoms with Crippen LogP contribution in [0, 0.1) is 0 Å². The summed E-state index contributed by atoms with van der Waals surface area (Å²) >= 11 is 1.04. The van der Waals surface area contributed by atoms with Gasteiger partial charge in [0.2, 0.25) is 0 Å². The highest BCUT2D eigenvalue weighted by Gasteiger charge is 2.30. The number of nitrogens with one attached hydrogen (secondary N) is 2. The molecule has 142 valence electrons. The lowest BCUT2D eigenvalue weighted by molar-refractivity contribution is -0.150. The normalized spacial score (nSPS) is 15.3. The van der Waals surface area contributed by atoms with Crippen LogP contribution in [0.2, 0.25) is 0 Å². The number of ether oxygens (including phenoxy) is 2. The predicted octanol–water partition coefficient (Wildman–Crippen LogP) is 1.96. The lowest BCUT2D eigenvalue weighted by atomic mass is 10.1. The van der Waals surface area contributed by atoms with Crippen LogP contribution in [0.15, 0.2) is 42.5 Å². The molecular formula is C18H14N4O5S. The van der Waals surface area contributed by atoms with Crippen LogP contribution >= 0.6 is 11.7 Å². The van der Waals surface area contributed by atoms with Gasteiger partial charge in [0.05, 0.1) is 29.5 Å². The van der Waals surface area contributed by atoms with Crippen molar-refractivity contribution in [3.63, 3.8) is 0 Å². The summed E-state index contributed by atoms with van der Waals surface area (Å²) in [5.41, 5.74) is 2.26. The molecule has 1 aromatic heterocycles. The maximum atomic E-state index is 12.1. The third-order valence-electron chi connectivity index (χ3n) is 3.98. The molecule has 2 N–H and O–H groups in total. The second-order valence-corrected chi connectivity index (χ2v) is 6.47. The number of fused-ring (bicyclic) bond motifs is 2. The Balaban J connectivity index is 1.30. The molecule has 9 nitrogen and oxygen atoms in total. The fourth-order valence-corrected chi connectivity index (χ4v) is 3.23. The number of rotatable bonds is 5. The van der Waals surface area contributed by atoms with Gasteiger partial charge in [-0.15, -0.1) is 0 Å². The van der Waals surface area contributed by atoms with Crippen molar-refractivity contribution in [3.05, 3.63) is 42.5 Å². The van der Waals surface area contributed by atoms with Gasteiger partial charge in [-0.1, -0.05) is 18.2 Å². The summed E-state index contributed by atoms with van der Waals surface area (Å²) < 4.78 is 18.7. The van der Waals surface area contributed by atoms with E-state index >= 15 is 0 Å². The Kier molecular flexibility index (Phi) is 4.85. The third kappa shape index (κ3) is 3.76. The molecule has 28 heavy (non-hydrogen) atoms. The average molecular weight is 398 g/mol. The molecule has 1 atom stereocenters. The van der Waals surface area contributed by atoms with E-state index in [1.165, 1.54) is 0 Å². The summed E-state index contributed by atoms with van der Waals surface area (Å²) in [6.07, 6.45) is -1.32. The van der Waals surface area contributed by atoms with Crippen molar-refractivity contribution in [2.75, 3.05) is 17.2 Å². The van der Waals surface area contributed by atoms with Gasteiger partial charge < -0.3 is 20.1 Å². The molecule has 0 radical (unpaired) electrons. The van der Waals surface area contributed by atoms with Crippen molar-refractivity contribution < 1.29 is 23.9 Å². The second-order valence-electron chi connectivity index (χ2n) is 5.94. The Labute approximate surface area is 163 Å². The highest BCUT2D eigenvalue weighted by atomic mass is 32.1. The first-order chi connectivity index (χ1) is 13.6. The number of hydrogen-bond donors (Lipinski definition) is 2. The van der Waals surface area contributed by atoms with Gasteiger partial charge in [-0.3, -0.25) is 14.4 Å². The largest absolute Gasteiger partial charge is 0.478 e. The molecule has 0 saturated heterocycles. The molecule has 3 aromatic rings. The molecule has 2 aromatic carbocycles. The molecule has 10 heteroatoms. The summed E-state index contributed by atoms with van der Waals surface area (Å²) in [6.45, 7) is -0.488. The summed E-state index contributed by atoms with van der Waals surface area (Å²) in [6, 6.07) is 12.1. The van der Waals surface area contributed by atoms with E-state index in [-0.39, 0.29) is 6.42 Å². The van der Waals surface area contributed by atoms with Gasteiger partial charge in [-0.25, -0.2) is 0 Å². The third-order valence-corrected chi connectivity index (χ3v) is 4.53. The molecule has 1 aliphatic rings. The number of nitrogens with zero attached hydrogens (tertiary/aromatic N) is 2. The van der Waals surface area contributed by atoms with Gasteiger partial charge in [-0.2, -0.15) is 8.75 Å². The minimum atomic E-state index is -1.01. The van der Waals surface area contributed by atoms with Gasteiger partial charge in [0, 0.05) is 0 Å². The van der Waals surface area contributed by atoms with Crippen LogP contribution in [0.4, 0.5) is 11.4 Å². The van der Waals surface area contributed by atoms with Crippen LogP contribution in [-0.4, -0.2) is 39.2 Å². The standard InChI is InChI=1S/C18H14N4O5S/c23-15(19-11-5-3-6-12-17(11)22-28-21-12)9-26-16(24)8-14-18(25)20-10-4-1-2-7-13(10)27-14/h1-7,14H,8-9H2,(H,19,23)(H,20,25). The molecule has 4 rings (SSSR count). The van der Waals surface area contributed by atoms with Gasteiger partial charge in [0.25, 0.3) is 11.8 Å². The predicted molar refractivity (Wildman–Crippen MR) is 101 cm³/mol. The Morgan fingerprint density at radius 1 is 1.18 bits per heavy atom. The number of carbonyl (C=O) groups excluding carboxylic acids is 3. The molecule has 0 saturated carbocycles. The Morgan fingerprint density at radius 3 is 2.93 bits per heavy atom. The number of amides is 2. The number of esters is 1. The average Bonchev–Trinajstić information content (AvgIpc) is 3.17. The first-order valence-electron chi connectivity index (χ1n) is 8.33. The smallest absolute Gasteiger partial charge is 0.310 e. The number of benzene rings is 2. The van der Waals surface area contributed by atoms with E-state index in [1.54, 1.807) is 42.5 Å². The molecule has 2 heterocycles. The zero-order valence-electron chi connectivity index (χ0n) is 14.4. The van der Waals surface area contributed by atoms with E-state index in [9.17, 15) is 14.4 Å². The highest BCUT2D eigenvalue weighted by molar-refractivity contribution is 7.00. The van der Waals surface area contributed by atoms with Crippen LogP contribution in [0.1, 0.15) is 6.42 Å². The van der Waals surface area contributed by atoms with Crippen molar-refractivity contribution >= 4 is 51.9 Å². The number of aromatic nitrogens is 2. The molecule has 1 aliphatic heterocycles. The Bertz CT molecular complexity index is 1070. The maximum Gasteiger partial charge on any atom is 0.310 e. The summed E-state index contributed by atoms with van der Waals surface area (Å²) in [7, 11) is 0. The zero-order valence-corrected chi connectivity index (χ0v) is 15.2. The lowest BCUT2D eigenvalue weighted by Gasteiger charge is -2.25. The number of carbonyl (C=O) groups is 3. The first kappa shape index (κ1) is 17.9. The van der Waals surface area contributed by atoms with E-state index < -0.39 is 30.5 Å². The van der Waals surface area contributed by atoms with Crippen LogP contribution in [0.25, 0.3) is 11.0 Å². The van der Waals surface area contributed by atoms with E-state index in [0.29, 0.717) is 28.2 Å². The zero-order chi connectivity index (χ0) is 19.5. The number of hydrogen-bond acceptors (Lipinski definition) is 8. The minimum absolute atomic E-state index is 0.307. The number of anilines is 2. The molecular weight excluding hydrogens is 384 g/mol. The SMILES string of the molecule is O=C(COC(=O)CC1Oc2ccccc2NC1=O)Nc1cccc2nsnc12. The summed E-state index contributed by atoms with van der Waals surface area (Å²) in [5.74, 6) is -1.21. The van der Waals surface area contributed by atoms with Crippen molar-refractivity contribution in [2.45, 2.75) is 12.5 Å². The van der Waals surface area contributed by atoms with E-state index in [0.717, 1.165) is 11.7 Å². The monoisotopic (exact) mass is 398 g/mol. The first-order valence-corrected chi connectivity index (χ1v) is 9.06. The van der Waals surface area contributed by atoms with Crippen molar-refractivity contribution in [3.8, 4) is 5.75 Å². The quantitative estimate of drug-likeness (QED) is 0.631. The fourth-order valence-electron chi connectivity index (χ4n) is 2.68.